The Morgan fingerprint density at radius 2 is 1.88 bits per heavy atom. The van der Waals surface area contributed by atoms with Gasteiger partial charge in [-0.25, -0.2) is 28.3 Å². The van der Waals surface area contributed by atoms with Crippen LogP contribution in [0.2, 0.25) is 5.02 Å². The zero-order valence-electron chi connectivity index (χ0n) is 18.2. The summed E-state index contributed by atoms with van der Waals surface area (Å²) in [5.74, 6) is 2.13. The summed E-state index contributed by atoms with van der Waals surface area (Å²) in [6, 6.07) is 7.57. The quantitative estimate of drug-likeness (QED) is 0.534. The van der Waals surface area contributed by atoms with Crippen molar-refractivity contribution >= 4 is 39.6 Å². The summed E-state index contributed by atoms with van der Waals surface area (Å²) in [7, 11) is -1.12. The van der Waals surface area contributed by atoms with E-state index in [0.29, 0.717) is 41.8 Å². The average molecular weight is 480 g/mol. The molecule has 172 valence electrons. The Bertz CT molecular complexity index is 1120. The third-order valence-corrected chi connectivity index (χ3v) is 6.46. The van der Waals surface area contributed by atoms with Gasteiger partial charge in [0, 0.05) is 57.6 Å². The molecule has 0 amide bonds. The maximum atomic E-state index is 12.7. The molecule has 11 heteroatoms. The largest absolute Gasteiger partial charge is 0.352 e. The monoisotopic (exact) mass is 479 g/mol. The summed E-state index contributed by atoms with van der Waals surface area (Å²) in [6.45, 7) is 6.06. The van der Waals surface area contributed by atoms with Crippen molar-refractivity contribution in [2.45, 2.75) is 13.5 Å². The molecular formula is C21H27ClFN7OS. The number of anilines is 1. The number of imidazole rings is 1. The molecule has 0 bridgehead atoms. The van der Waals surface area contributed by atoms with E-state index in [1.54, 1.807) is 6.26 Å². The first-order valence-corrected chi connectivity index (χ1v) is 12.5. The first-order valence-electron chi connectivity index (χ1n) is 10.6. The Balaban J connectivity index is 1.78. The lowest BCUT2D eigenvalue weighted by molar-refractivity contribution is 0.235. The van der Waals surface area contributed by atoms with Gasteiger partial charge in [-0.2, -0.15) is 0 Å². The molecule has 1 N–H and O–H groups in total. The molecular weight excluding hydrogens is 453 g/mol. The van der Waals surface area contributed by atoms with Gasteiger partial charge in [0.2, 0.25) is 0 Å². The minimum absolute atomic E-state index is 0.334. The number of piperazine rings is 1. The van der Waals surface area contributed by atoms with Gasteiger partial charge >= 0.3 is 0 Å². The highest BCUT2D eigenvalue weighted by Gasteiger charge is 2.25. The van der Waals surface area contributed by atoms with Crippen molar-refractivity contribution < 1.29 is 8.60 Å². The van der Waals surface area contributed by atoms with E-state index in [9.17, 15) is 8.60 Å². The molecule has 1 fully saturated rings. The number of alkyl halides is 1. The van der Waals surface area contributed by atoms with Crippen molar-refractivity contribution in [1.29, 1.82) is 0 Å². The first-order chi connectivity index (χ1) is 15.5. The molecule has 1 atom stereocenters. The van der Waals surface area contributed by atoms with Crippen LogP contribution in [0.5, 0.6) is 0 Å². The zero-order valence-corrected chi connectivity index (χ0v) is 19.8. The van der Waals surface area contributed by atoms with Gasteiger partial charge in [0.05, 0.1) is 16.0 Å². The van der Waals surface area contributed by atoms with Crippen molar-refractivity contribution in [3.8, 4) is 11.4 Å². The number of nitrogens with zero attached hydrogens (tertiary/aromatic N) is 6. The first kappa shape index (κ1) is 23.0. The highest BCUT2D eigenvalue weighted by Crippen LogP contribution is 2.32. The van der Waals surface area contributed by atoms with E-state index in [1.807, 2.05) is 35.8 Å². The number of halogens is 2. The van der Waals surface area contributed by atoms with E-state index in [4.69, 9.17) is 26.6 Å². The summed E-state index contributed by atoms with van der Waals surface area (Å²) in [5.41, 5.74) is 2.24. The molecule has 1 aliphatic rings. The number of aromatic nitrogens is 4. The van der Waals surface area contributed by atoms with Crippen LogP contribution in [0.25, 0.3) is 22.6 Å². The van der Waals surface area contributed by atoms with E-state index in [1.165, 1.54) is 0 Å². The van der Waals surface area contributed by atoms with Gasteiger partial charge < -0.3 is 9.47 Å². The van der Waals surface area contributed by atoms with Gasteiger partial charge in [-0.05, 0) is 19.1 Å². The second-order valence-corrected chi connectivity index (χ2v) is 9.30. The fourth-order valence-electron chi connectivity index (χ4n) is 3.98. The summed E-state index contributed by atoms with van der Waals surface area (Å²) < 4.78 is 29.2. The fraction of sp³-hybridized carbons (Fsp3) is 0.476. The highest BCUT2D eigenvalue weighted by molar-refractivity contribution is 7.82. The Morgan fingerprint density at radius 3 is 2.56 bits per heavy atom. The maximum absolute atomic E-state index is 12.7. The van der Waals surface area contributed by atoms with Crippen LogP contribution in [0.1, 0.15) is 5.82 Å². The van der Waals surface area contributed by atoms with Crippen molar-refractivity contribution in [2.24, 2.45) is 0 Å². The molecule has 0 aliphatic carbocycles. The number of hydrogen-bond donors (Lipinski definition) is 1. The molecule has 1 unspecified atom stereocenters. The average Bonchev–Trinajstić information content (AvgIpc) is 3.12. The number of fused-ring (bicyclic) bond motifs is 1. The molecule has 1 aromatic carbocycles. The molecule has 4 rings (SSSR count). The minimum Gasteiger partial charge on any atom is -0.352 e. The van der Waals surface area contributed by atoms with E-state index in [-0.39, 0.29) is 6.67 Å². The lowest BCUT2D eigenvalue weighted by Crippen LogP contribution is -2.47. The number of benzene rings is 1. The molecule has 1 aliphatic heterocycles. The lowest BCUT2D eigenvalue weighted by Gasteiger charge is -2.34. The molecule has 8 nitrogen and oxygen atoms in total. The third-order valence-electron chi connectivity index (χ3n) is 5.52. The van der Waals surface area contributed by atoms with Crippen LogP contribution in [0, 0.1) is 6.92 Å². The van der Waals surface area contributed by atoms with Crippen molar-refractivity contribution in [2.75, 3.05) is 57.1 Å². The van der Waals surface area contributed by atoms with Crippen LogP contribution >= 0.6 is 11.6 Å². The Hall–Kier alpha value is -2.14. The molecule has 3 heterocycles. The van der Waals surface area contributed by atoms with Crippen molar-refractivity contribution in [3.63, 3.8) is 0 Å². The summed E-state index contributed by atoms with van der Waals surface area (Å²) >= 11 is 6.51. The second kappa shape index (κ2) is 10.2. The molecule has 0 saturated carbocycles. The molecule has 32 heavy (non-hydrogen) atoms. The predicted octanol–water partition coefficient (Wildman–Crippen LogP) is 2.43. The van der Waals surface area contributed by atoms with Crippen LogP contribution in [0.15, 0.2) is 24.3 Å². The lowest BCUT2D eigenvalue weighted by atomic mass is 10.2. The SMILES string of the molecule is Cc1nc(N2CCN(CCF)CC2)c2nc(-c3ccccc3Cl)n(CCNS(C)=O)c2n1. The van der Waals surface area contributed by atoms with Gasteiger partial charge in [-0.1, -0.05) is 23.7 Å². The van der Waals surface area contributed by atoms with Gasteiger partial charge in [0.25, 0.3) is 0 Å². The summed E-state index contributed by atoms with van der Waals surface area (Å²) in [5, 5.41) is 0.599. The van der Waals surface area contributed by atoms with E-state index < -0.39 is 11.0 Å². The van der Waals surface area contributed by atoms with E-state index in [2.05, 4.69) is 14.5 Å². The van der Waals surface area contributed by atoms with E-state index in [0.717, 1.165) is 43.2 Å². The zero-order chi connectivity index (χ0) is 22.7. The number of aryl methyl sites for hydroxylation is 1. The number of rotatable bonds is 8. The minimum atomic E-state index is -1.12. The molecule has 1 saturated heterocycles. The van der Waals surface area contributed by atoms with Crippen molar-refractivity contribution in [3.05, 3.63) is 35.1 Å². The normalized spacial score (nSPS) is 16.1. The highest BCUT2D eigenvalue weighted by atomic mass is 35.5. The van der Waals surface area contributed by atoms with Crippen LogP contribution < -0.4 is 9.62 Å². The standard InChI is InChI=1S/C21H27ClFN7OS/c1-15-25-20(29-13-11-28(9-7-23)12-14-29)18-21(26-15)30(10-8-24-32(2)31)19(27-18)16-5-3-4-6-17(16)22/h3-6,24H,7-14H2,1-2H3. The molecule has 0 radical (unpaired) electrons. The topological polar surface area (TPSA) is 79.2 Å². The number of hydrogen-bond acceptors (Lipinski definition) is 6. The van der Waals surface area contributed by atoms with Crippen LogP contribution in [0.3, 0.4) is 0 Å². The molecule has 0 spiro atoms. The molecule has 2 aromatic heterocycles. The fourth-order valence-corrected chi connectivity index (χ4v) is 4.58. The second-order valence-electron chi connectivity index (χ2n) is 7.70. The summed E-state index contributed by atoms with van der Waals surface area (Å²) in [4.78, 5) is 18.7. The number of nitrogens with one attached hydrogen (secondary N) is 1. The van der Waals surface area contributed by atoms with Gasteiger partial charge in [-0.15, -0.1) is 0 Å². The van der Waals surface area contributed by atoms with Crippen LogP contribution in [0.4, 0.5) is 10.2 Å². The van der Waals surface area contributed by atoms with Crippen LogP contribution in [-0.2, 0) is 17.5 Å². The van der Waals surface area contributed by atoms with Gasteiger partial charge in [-0.3, -0.25) is 4.90 Å². The Labute approximate surface area is 194 Å². The predicted molar refractivity (Wildman–Crippen MR) is 127 cm³/mol. The Kier molecular flexibility index (Phi) is 7.34. The molecule has 3 aromatic rings. The third kappa shape index (κ3) is 4.93. The van der Waals surface area contributed by atoms with Gasteiger partial charge in [0.15, 0.2) is 17.0 Å². The Morgan fingerprint density at radius 1 is 1.12 bits per heavy atom. The van der Waals surface area contributed by atoms with Crippen LogP contribution in [-0.4, -0.2) is 80.8 Å². The maximum Gasteiger partial charge on any atom is 0.166 e. The van der Waals surface area contributed by atoms with Crippen molar-refractivity contribution in [1.82, 2.24) is 29.1 Å². The van der Waals surface area contributed by atoms with E-state index >= 15 is 0 Å². The van der Waals surface area contributed by atoms with Gasteiger partial charge in [0.1, 0.15) is 18.3 Å². The smallest absolute Gasteiger partial charge is 0.166 e. The summed E-state index contributed by atoms with van der Waals surface area (Å²) in [6.07, 6.45) is 1.61.